The van der Waals surface area contributed by atoms with Gasteiger partial charge in [-0.3, -0.25) is 4.79 Å². The van der Waals surface area contributed by atoms with Gasteiger partial charge < -0.3 is 20.5 Å². The number of halogens is 3. The van der Waals surface area contributed by atoms with Crippen molar-refractivity contribution in [1.29, 1.82) is 0 Å². The van der Waals surface area contributed by atoms with E-state index < -0.39 is 48.2 Å². The smallest absolute Gasteiger partial charge is 0.416 e. The minimum atomic E-state index is -4.88. The number of ether oxygens (including phenoxy) is 1. The second-order valence-electron chi connectivity index (χ2n) is 7.19. The molecule has 1 aromatic rings. The van der Waals surface area contributed by atoms with Crippen LogP contribution in [0.5, 0.6) is 0 Å². The Labute approximate surface area is 162 Å². The van der Waals surface area contributed by atoms with E-state index in [1.54, 1.807) is 38.1 Å². The Kier molecular flexibility index (Phi) is 8.74. The maximum absolute atomic E-state index is 12.9. The zero-order valence-electron chi connectivity index (χ0n) is 16.3. The lowest BCUT2D eigenvalue weighted by atomic mass is 9.96. The minimum absolute atomic E-state index is 0.0134. The number of alkyl carbamates (subject to hydrolysis) is 1. The highest BCUT2D eigenvalue weighted by atomic mass is 19.4. The Morgan fingerprint density at radius 1 is 1.04 bits per heavy atom. The fraction of sp³-hybridized carbons (Fsp3) is 0.579. The maximum Gasteiger partial charge on any atom is 0.416 e. The summed E-state index contributed by atoms with van der Waals surface area (Å²) in [6.45, 7) is 6.15. The van der Waals surface area contributed by atoms with E-state index in [2.05, 4.69) is 10.6 Å². The Balaban J connectivity index is 2.75. The summed E-state index contributed by atoms with van der Waals surface area (Å²) in [5, 5.41) is 14.1. The van der Waals surface area contributed by atoms with Gasteiger partial charge in [0.2, 0.25) is 5.91 Å². The molecular weight excluding hydrogens is 377 g/mol. The molecule has 0 heterocycles. The van der Waals surface area contributed by atoms with Gasteiger partial charge in [0, 0.05) is 0 Å². The van der Waals surface area contributed by atoms with E-state index in [4.69, 9.17) is 4.74 Å². The van der Waals surface area contributed by atoms with Crippen molar-refractivity contribution < 1.29 is 32.6 Å². The molecule has 0 saturated carbocycles. The number of benzene rings is 1. The second-order valence-corrected chi connectivity index (χ2v) is 7.19. The summed E-state index contributed by atoms with van der Waals surface area (Å²) in [5.74, 6) is -1.92. The topological polar surface area (TPSA) is 87.7 Å². The molecule has 0 aromatic heterocycles. The molecule has 28 heavy (non-hydrogen) atoms. The van der Waals surface area contributed by atoms with Gasteiger partial charge in [0.15, 0.2) is 6.10 Å². The molecule has 3 atom stereocenters. The zero-order valence-corrected chi connectivity index (χ0v) is 16.3. The molecule has 3 N–H and O–H groups in total. The highest BCUT2D eigenvalue weighted by Crippen LogP contribution is 2.25. The first-order chi connectivity index (χ1) is 12.9. The summed E-state index contributed by atoms with van der Waals surface area (Å²) in [5.41, 5.74) is 0.747. The van der Waals surface area contributed by atoms with Gasteiger partial charge in [0.05, 0.1) is 6.04 Å². The molecule has 0 aliphatic rings. The molecule has 9 heteroatoms. The van der Waals surface area contributed by atoms with E-state index in [1.807, 2.05) is 6.07 Å². The summed E-state index contributed by atoms with van der Waals surface area (Å²) in [7, 11) is 0. The zero-order chi connectivity index (χ0) is 21.5. The van der Waals surface area contributed by atoms with E-state index in [0.717, 1.165) is 5.56 Å². The van der Waals surface area contributed by atoms with Crippen molar-refractivity contribution in [2.75, 3.05) is 0 Å². The summed E-state index contributed by atoms with van der Waals surface area (Å²) in [6, 6.07) is 6.21. The van der Waals surface area contributed by atoms with E-state index in [1.165, 1.54) is 13.8 Å². The SMILES string of the molecule is CC(C)C(NC(=O)[C@@H](NC(=O)OCc1ccccc1)C(C)C)C(O)C(F)(F)F. The number of alkyl halides is 3. The van der Waals surface area contributed by atoms with Crippen molar-refractivity contribution in [2.24, 2.45) is 11.8 Å². The first-order valence-corrected chi connectivity index (χ1v) is 8.95. The van der Waals surface area contributed by atoms with Crippen LogP contribution in [0.3, 0.4) is 0 Å². The number of hydrogen-bond donors (Lipinski definition) is 3. The Hall–Kier alpha value is -2.29. The van der Waals surface area contributed by atoms with Gasteiger partial charge in [-0.25, -0.2) is 4.79 Å². The van der Waals surface area contributed by atoms with Crippen molar-refractivity contribution in [3.8, 4) is 0 Å². The van der Waals surface area contributed by atoms with Crippen molar-refractivity contribution >= 4 is 12.0 Å². The van der Waals surface area contributed by atoms with Gasteiger partial charge in [-0.2, -0.15) is 13.2 Å². The number of aliphatic hydroxyl groups excluding tert-OH is 1. The van der Waals surface area contributed by atoms with E-state index >= 15 is 0 Å². The van der Waals surface area contributed by atoms with Gasteiger partial charge in [0.1, 0.15) is 12.6 Å². The van der Waals surface area contributed by atoms with Crippen LogP contribution >= 0.6 is 0 Å². The second kappa shape index (κ2) is 10.3. The van der Waals surface area contributed by atoms with Crippen LogP contribution in [0.1, 0.15) is 33.3 Å². The summed E-state index contributed by atoms with van der Waals surface area (Å²) < 4.78 is 43.6. The first-order valence-electron chi connectivity index (χ1n) is 8.95. The number of hydrogen-bond acceptors (Lipinski definition) is 4. The molecule has 0 spiro atoms. The van der Waals surface area contributed by atoms with Crippen LogP contribution in [0.25, 0.3) is 0 Å². The lowest BCUT2D eigenvalue weighted by Gasteiger charge is -2.31. The van der Waals surface area contributed by atoms with Crippen LogP contribution < -0.4 is 10.6 Å². The molecular formula is C19H27F3N2O4. The molecule has 1 rings (SSSR count). The molecule has 6 nitrogen and oxygen atoms in total. The van der Waals surface area contributed by atoms with Gasteiger partial charge in [-0.15, -0.1) is 0 Å². The summed E-state index contributed by atoms with van der Waals surface area (Å²) in [4.78, 5) is 24.5. The van der Waals surface area contributed by atoms with Crippen LogP contribution in [-0.2, 0) is 16.1 Å². The Bertz CT molecular complexity index is 636. The summed E-state index contributed by atoms with van der Waals surface area (Å²) >= 11 is 0. The van der Waals surface area contributed by atoms with Crippen molar-refractivity contribution in [2.45, 2.75) is 58.7 Å². The normalized spacial score (nSPS) is 15.1. The lowest BCUT2D eigenvalue weighted by molar-refractivity contribution is -0.215. The quantitative estimate of drug-likeness (QED) is 0.622. The Morgan fingerprint density at radius 2 is 1.61 bits per heavy atom. The monoisotopic (exact) mass is 404 g/mol. The van der Waals surface area contributed by atoms with E-state index in [9.17, 15) is 27.9 Å². The van der Waals surface area contributed by atoms with Crippen LogP contribution in [0.2, 0.25) is 0 Å². The fourth-order valence-corrected chi connectivity index (χ4v) is 2.49. The molecule has 0 aliphatic carbocycles. The van der Waals surface area contributed by atoms with Gasteiger partial charge in [0.25, 0.3) is 0 Å². The minimum Gasteiger partial charge on any atom is -0.445 e. The van der Waals surface area contributed by atoms with Crippen LogP contribution in [0, 0.1) is 11.8 Å². The molecule has 0 aliphatic heterocycles. The third-order valence-corrected chi connectivity index (χ3v) is 4.14. The number of amides is 2. The van der Waals surface area contributed by atoms with Crippen molar-refractivity contribution in [3.63, 3.8) is 0 Å². The number of carbonyl (C=O) groups is 2. The number of aliphatic hydroxyl groups is 1. The highest BCUT2D eigenvalue weighted by Gasteiger charge is 2.45. The van der Waals surface area contributed by atoms with Gasteiger partial charge >= 0.3 is 12.3 Å². The molecule has 0 fully saturated rings. The molecule has 0 saturated heterocycles. The Morgan fingerprint density at radius 3 is 2.07 bits per heavy atom. The third kappa shape index (κ3) is 7.38. The van der Waals surface area contributed by atoms with Crippen LogP contribution in [-0.4, -0.2) is 41.5 Å². The van der Waals surface area contributed by atoms with Crippen LogP contribution in [0.4, 0.5) is 18.0 Å². The van der Waals surface area contributed by atoms with Gasteiger partial charge in [-0.05, 0) is 17.4 Å². The number of nitrogens with one attached hydrogen (secondary N) is 2. The highest BCUT2D eigenvalue weighted by molar-refractivity contribution is 5.86. The van der Waals surface area contributed by atoms with Crippen molar-refractivity contribution in [1.82, 2.24) is 10.6 Å². The first kappa shape index (κ1) is 23.7. The van der Waals surface area contributed by atoms with Gasteiger partial charge in [-0.1, -0.05) is 58.0 Å². The predicted octanol–water partition coefficient (Wildman–Crippen LogP) is 3.00. The molecule has 158 valence electrons. The van der Waals surface area contributed by atoms with Crippen molar-refractivity contribution in [3.05, 3.63) is 35.9 Å². The number of rotatable bonds is 8. The molecule has 0 bridgehead atoms. The standard InChI is InChI=1S/C19H27F3N2O4/c1-11(2)14(16(25)19(20,21)22)23-17(26)15(12(3)4)24-18(27)28-10-13-8-6-5-7-9-13/h5-9,11-12,14-16,25H,10H2,1-4H3,(H,23,26)(H,24,27)/t14?,15-,16?/m0/s1. The molecule has 2 amide bonds. The molecule has 1 aromatic carbocycles. The maximum atomic E-state index is 12.9. The number of carbonyl (C=O) groups excluding carboxylic acids is 2. The average Bonchev–Trinajstić information content (AvgIpc) is 2.61. The summed E-state index contributed by atoms with van der Waals surface area (Å²) in [6.07, 6.45) is -8.46. The lowest BCUT2D eigenvalue weighted by Crippen LogP contribution is -2.58. The average molecular weight is 404 g/mol. The predicted molar refractivity (Wildman–Crippen MR) is 97.2 cm³/mol. The van der Waals surface area contributed by atoms with E-state index in [0.29, 0.717) is 0 Å². The van der Waals surface area contributed by atoms with E-state index in [-0.39, 0.29) is 6.61 Å². The third-order valence-electron chi connectivity index (χ3n) is 4.14. The molecule has 2 unspecified atom stereocenters. The fourth-order valence-electron chi connectivity index (χ4n) is 2.49. The van der Waals surface area contributed by atoms with Crippen LogP contribution in [0.15, 0.2) is 30.3 Å². The largest absolute Gasteiger partial charge is 0.445 e. The molecule has 0 radical (unpaired) electrons.